The quantitative estimate of drug-likeness (QED) is 0.528. The molecule has 0 atom stereocenters. The Hall–Kier alpha value is -3.27. The van der Waals surface area contributed by atoms with Crippen molar-refractivity contribution in [2.45, 2.75) is 27.0 Å². The summed E-state index contributed by atoms with van der Waals surface area (Å²) in [6, 6.07) is 23.4. The van der Waals surface area contributed by atoms with E-state index in [1.54, 1.807) is 4.90 Å². The lowest BCUT2D eigenvalue weighted by Crippen LogP contribution is -2.26. The van der Waals surface area contributed by atoms with E-state index in [1.165, 1.54) is 5.56 Å². The summed E-state index contributed by atoms with van der Waals surface area (Å²) in [6.07, 6.45) is 0. The topological polar surface area (TPSA) is 38.8 Å². The fourth-order valence-corrected chi connectivity index (χ4v) is 3.07. The van der Waals surface area contributed by atoms with E-state index in [9.17, 15) is 4.79 Å². The second-order valence-electron chi connectivity index (χ2n) is 7.00. The molecule has 0 aliphatic rings. The first-order chi connectivity index (χ1) is 14.1. The van der Waals surface area contributed by atoms with Crippen LogP contribution < -0.4 is 9.47 Å². The van der Waals surface area contributed by atoms with Crippen molar-refractivity contribution < 1.29 is 14.3 Å². The second kappa shape index (κ2) is 9.78. The monoisotopic (exact) mass is 389 g/mol. The molecule has 29 heavy (non-hydrogen) atoms. The molecule has 0 aromatic heterocycles. The van der Waals surface area contributed by atoms with Crippen LogP contribution in [0.5, 0.6) is 11.5 Å². The lowest BCUT2D eigenvalue weighted by atomic mass is 10.1. The molecule has 150 valence electrons. The van der Waals surface area contributed by atoms with Crippen LogP contribution in [-0.2, 0) is 13.2 Å². The normalized spacial score (nSPS) is 10.4. The maximum absolute atomic E-state index is 12.9. The van der Waals surface area contributed by atoms with Crippen LogP contribution in [-0.4, -0.2) is 24.5 Å². The largest absolute Gasteiger partial charge is 0.493 e. The molecule has 0 heterocycles. The third-order valence-corrected chi connectivity index (χ3v) is 4.63. The predicted octanol–water partition coefficient (Wildman–Crippen LogP) is 5.24. The average molecular weight is 389 g/mol. The minimum atomic E-state index is -0.0338. The van der Waals surface area contributed by atoms with Crippen molar-refractivity contribution in [3.8, 4) is 11.5 Å². The highest BCUT2D eigenvalue weighted by atomic mass is 16.5. The first-order valence-corrected chi connectivity index (χ1v) is 9.81. The first-order valence-electron chi connectivity index (χ1n) is 9.81. The van der Waals surface area contributed by atoms with Gasteiger partial charge >= 0.3 is 0 Å². The van der Waals surface area contributed by atoms with E-state index in [0.29, 0.717) is 25.3 Å². The first kappa shape index (κ1) is 20.5. The van der Waals surface area contributed by atoms with Gasteiger partial charge in [-0.2, -0.15) is 0 Å². The molecule has 0 unspecified atom stereocenters. The second-order valence-corrected chi connectivity index (χ2v) is 7.00. The Bertz CT molecular complexity index is 936. The highest BCUT2D eigenvalue weighted by Gasteiger charge is 2.15. The van der Waals surface area contributed by atoms with E-state index in [0.717, 1.165) is 22.6 Å². The van der Waals surface area contributed by atoms with Gasteiger partial charge in [0.15, 0.2) is 0 Å². The Morgan fingerprint density at radius 2 is 1.66 bits per heavy atom. The van der Waals surface area contributed by atoms with Crippen molar-refractivity contribution in [2.24, 2.45) is 0 Å². The molecular formula is C25H27NO3. The standard InChI is InChI=1S/C25H27NO3/c1-4-28-24-15-12-21(25(27)26(3)17-20-8-6-5-7-9-20)16-22(24)18-29-23-13-10-19(2)11-14-23/h5-16H,4,17-18H2,1-3H3. The van der Waals surface area contributed by atoms with E-state index in [1.807, 2.05) is 93.7 Å². The summed E-state index contributed by atoms with van der Waals surface area (Å²) < 4.78 is 11.7. The molecule has 0 spiro atoms. The Balaban J connectivity index is 1.75. The van der Waals surface area contributed by atoms with Crippen LogP contribution in [0.4, 0.5) is 0 Å². The highest BCUT2D eigenvalue weighted by molar-refractivity contribution is 5.94. The van der Waals surface area contributed by atoms with Gasteiger partial charge in [-0.05, 0) is 49.7 Å². The Morgan fingerprint density at radius 1 is 0.931 bits per heavy atom. The van der Waals surface area contributed by atoms with Gasteiger partial charge < -0.3 is 14.4 Å². The fourth-order valence-electron chi connectivity index (χ4n) is 3.07. The van der Waals surface area contributed by atoms with Gasteiger partial charge in [-0.3, -0.25) is 4.79 Å². The van der Waals surface area contributed by atoms with Gasteiger partial charge in [0.05, 0.1) is 6.61 Å². The molecule has 0 aliphatic heterocycles. The van der Waals surface area contributed by atoms with E-state index in [4.69, 9.17) is 9.47 Å². The number of carbonyl (C=O) groups excluding carboxylic acids is 1. The summed E-state index contributed by atoms with van der Waals surface area (Å²) in [5, 5.41) is 0. The van der Waals surface area contributed by atoms with E-state index in [2.05, 4.69) is 0 Å². The number of rotatable bonds is 8. The van der Waals surface area contributed by atoms with Crippen LogP contribution >= 0.6 is 0 Å². The highest BCUT2D eigenvalue weighted by Crippen LogP contribution is 2.24. The van der Waals surface area contributed by atoms with Crippen molar-refractivity contribution >= 4 is 5.91 Å². The van der Waals surface area contributed by atoms with Crippen molar-refractivity contribution in [2.75, 3.05) is 13.7 Å². The third kappa shape index (κ3) is 5.61. The Kier molecular flexibility index (Phi) is 6.90. The molecule has 4 heteroatoms. The van der Waals surface area contributed by atoms with Gasteiger partial charge in [-0.1, -0.05) is 48.0 Å². The Labute approximate surface area is 172 Å². The van der Waals surface area contributed by atoms with Crippen LogP contribution in [0.2, 0.25) is 0 Å². The summed E-state index contributed by atoms with van der Waals surface area (Å²) >= 11 is 0. The number of carbonyl (C=O) groups is 1. The minimum Gasteiger partial charge on any atom is -0.493 e. The number of hydrogen-bond acceptors (Lipinski definition) is 3. The molecule has 3 rings (SSSR count). The zero-order valence-corrected chi connectivity index (χ0v) is 17.2. The summed E-state index contributed by atoms with van der Waals surface area (Å²) in [4.78, 5) is 14.6. The van der Waals surface area contributed by atoms with Gasteiger partial charge in [-0.25, -0.2) is 0 Å². The minimum absolute atomic E-state index is 0.0338. The molecule has 1 amide bonds. The summed E-state index contributed by atoms with van der Waals surface area (Å²) in [6.45, 7) is 5.43. The predicted molar refractivity (Wildman–Crippen MR) is 115 cm³/mol. The van der Waals surface area contributed by atoms with Crippen molar-refractivity contribution in [3.63, 3.8) is 0 Å². The number of benzene rings is 3. The SMILES string of the molecule is CCOc1ccc(C(=O)N(C)Cc2ccccc2)cc1COc1ccc(C)cc1. The number of ether oxygens (including phenoxy) is 2. The van der Waals surface area contributed by atoms with Crippen LogP contribution in [0.25, 0.3) is 0 Å². The zero-order valence-electron chi connectivity index (χ0n) is 17.2. The smallest absolute Gasteiger partial charge is 0.253 e. The molecule has 0 aliphatic carbocycles. The fraction of sp³-hybridized carbons (Fsp3) is 0.240. The number of hydrogen-bond donors (Lipinski definition) is 0. The summed E-state index contributed by atoms with van der Waals surface area (Å²) in [5.41, 5.74) is 3.75. The molecule has 0 N–H and O–H groups in total. The van der Waals surface area contributed by atoms with Crippen LogP contribution in [0, 0.1) is 6.92 Å². The number of aryl methyl sites for hydroxylation is 1. The van der Waals surface area contributed by atoms with Gasteiger partial charge in [0.25, 0.3) is 5.91 Å². The van der Waals surface area contributed by atoms with E-state index in [-0.39, 0.29) is 5.91 Å². The zero-order chi connectivity index (χ0) is 20.6. The molecule has 4 nitrogen and oxygen atoms in total. The number of amides is 1. The van der Waals surface area contributed by atoms with Crippen molar-refractivity contribution in [1.82, 2.24) is 4.90 Å². The van der Waals surface area contributed by atoms with Gasteiger partial charge in [0.2, 0.25) is 0 Å². The van der Waals surface area contributed by atoms with Crippen LogP contribution in [0.15, 0.2) is 72.8 Å². The molecule has 3 aromatic rings. The van der Waals surface area contributed by atoms with Gasteiger partial charge in [0, 0.05) is 24.7 Å². The molecule has 0 saturated carbocycles. The van der Waals surface area contributed by atoms with Crippen LogP contribution in [0.3, 0.4) is 0 Å². The molecule has 0 saturated heterocycles. The molecule has 0 bridgehead atoms. The van der Waals surface area contributed by atoms with Gasteiger partial charge in [-0.15, -0.1) is 0 Å². The van der Waals surface area contributed by atoms with E-state index < -0.39 is 0 Å². The van der Waals surface area contributed by atoms with Crippen LogP contribution in [0.1, 0.15) is 34.0 Å². The third-order valence-electron chi connectivity index (χ3n) is 4.63. The molecule has 0 fully saturated rings. The lowest BCUT2D eigenvalue weighted by molar-refractivity contribution is 0.0785. The summed E-state index contributed by atoms with van der Waals surface area (Å²) in [5.74, 6) is 1.49. The van der Waals surface area contributed by atoms with Crippen molar-refractivity contribution in [3.05, 3.63) is 95.1 Å². The molecule has 3 aromatic carbocycles. The summed E-state index contributed by atoms with van der Waals surface area (Å²) in [7, 11) is 1.81. The molecular weight excluding hydrogens is 362 g/mol. The van der Waals surface area contributed by atoms with Gasteiger partial charge in [0.1, 0.15) is 18.1 Å². The lowest BCUT2D eigenvalue weighted by Gasteiger charge is -2.19. The Morgan fingerprint density at radius 3 is 2.34 bits per heavy atom. The maximum Gasteiger partial charge on any atom is 0.253 e. The molecule has 0 radical (unpaired) electrons. The van der Waals surface area contributed by atoms with Crippen molar-refractivity contribution in [1.29, 1.82) is 0 Å². The maximum atomic E-state index is 12.9. The average Bonchev–Trinajstić information content (AvgIpc) is 2.74. The van der Waals surface area contributed by atoms with E-state index >= 15 is 0 Å². The number of nitrogens with zero attached hydrogens (tertiary/aromatic N) is 1.